The quantitative estimate of drug-likeness (QED) is 0.813. The fourth-order valence-corrected chi connectivity index (χ4v) is 3.32. The maximum atomic E-state index is 5.49. The number of nitrogens with zero attached hydrogens (tertiary/aromatic N) is 3. The molecule has 0 spiro atoms. The van der Waals surface area contributed by atoms with Crippen LogP contribution in [0.25, 0.3) is 0 Å². The van der Waals surface area contributed by atoms with Crippen molar-refractivity contribution in [3.63, 3.8) is 0 Å². The van der Waals surface area contributed by atoms with Crippen LogP contribution in [0.15, 0.2) is 30.6 Å². The number of aromatic nitrogens is 2. The first-order valence-corrected chi connectivity index (χ1v) is 8.70. The van der Waals surface area contributed by atoms with Crippen LogP contribution in [-0.4, -0.2) is 29.2 Å². The number of aryl methyl sites for hydroxylation is 1. The zero-order valence-electron chi connectivity index (χ0n) is 14.3. The summed E-state index contributed by atoms with van der Waals surface area (Å²) in [5.41, 5.74) is 4.09. The molecule has 0 amide bonds. The van der Waals surface area contributed by atoms with Gasteiger partial charge >= 0.3 is 0 Å². The van der Waals surface area contributed by atoms with Crippen molar-refractivity contribution in [2.75, 3.05) is 24.6 Å². The lowest BCUT2D eigenvalue weighted by atomic mass is 10.1. The molecule has 1 aromatic heterocycles. The second-order valence-electron chi connectivity index (χ2n) is 6.28. The van der Waals surface area contributed by atoms with E-state index in [2.05, 4.69) is 39.6 Å². The van der Waals surface area contributed by atoms with E-state index >= 15 is 0 Å². The Hall–Kier alpha value is -1.81. The predicted octanol–water partition coefficient (Wildman–Crippen LogP) is 3.77. The van der Waals surface area contributed by atoms with Crippen LogP contribution in [0.1, 0.15) is 43.1 Å². The first-order chi connectivity index (χ1) is 11.3. The minimum Gasteiger partial charge on any atom is -0.374 e. The molecule has 1 aromatic carbocycles. The number of hydrogen-bond donors (Lipinski definition) is 0. The first kappa shape index (κ1) is 16.1. The summed E-state index contributed by atoms with van der Waals surface area (Å²) in [5.74, 6) is 0.990. The van der Waals surface area contributed by atoms with Gasteiger partial charge in [0.15, 0.2) is 0 Å². The van der Waals surface area contributed by atoms with Gasteiger partial charge in [0.25, 0.3) is 0 Å². The highest BCUT2D eigenvalue weighted by Gasteiger charge is 2.13. The van der Waals surface area contributed by atoms with Crippen molar-refractivity contribution in [3.05, 3.63) is 47.5 Å². The smallest absolute Gasteiger partial charge is 0.135 e. The third-order valence-corrected chi connectivity index (χ3v) is 4.55. The van der Waals surface area contributed by atoms with Gasteiger partial charge in [-0.2, -0.15) is 0 Å². The molecular formula is C19H27N3O. The van der Waals surface area contributed by atoms with Crippen LogP contribution in [0.2, 0.25) is 0 Å². The van der Waals surface area contributed by atoms with Gasteiger partial charge in [0.05, 0.1) is 0 Å². The fourth-order valence-electron chi connectivity index (χ4n) is 3.32. The highest BCUT2D eigenvalue weighted by molar-refractivity contribution is 5.54. The summed E-state index contributed by atoms with van der Waals surface area (Å²) >= 11 is 0. The molecule has 4 nitrogen and oxygen atoms in total. The number of piperidine rings is 1. The highest BCUT2D eigenvalue weighted by Crippen LogP contribution is 2.25. The van der Waals surface area contributed by atoms with E-state index in [1.165, 1.54) is 49.2 Å². The van der Waals surface area contributed by atoms with Crippen molar-refractivity contribution in [2.45, 2.75) is 46.3 Å². The standard InChI is InChI=1S/C19H27N3O/c1-3-23-15-19-20-9-12-22(19)14-17-7-8-18(16(2)13-17)21-10-5-4-6-11-21/h7-9,12-13H,3-6,10-11,14-15H2,1-2H3. The summed E-state index contributed by atoms with van der Waals surface area (Å²) in [5, 5.41) is 0. The normalized spacial score (nSPS) is 15.1. The molecule has 0 aliphatic carbocycles. The van der Waals surface area contributed by atoms with E-state index in [0.29, 0.717) is 6.61 Å². The zero-order valence-corrected chi connectivity index (χ0v) is 14.3. The Bertz CT molecular complexity index is 629. The number of hydrogen-bond acceptors (Lipinski definition) is 3. The second-order valence-corrected chi connectivity index (χ2v) is 6.28. The van der Waals surface area contributed by atoms with Crippen molar-refractivity contribution < 1.29 is 4.74 Å². The molecule has 2 heterocycles. The molecule has 124 valence electrons. The lowest BCUT2D eigenvalue weighted by molar-refractivity contribution is 0.126. The molecule has 0 unspecified atom stereocenters. The average Bonchev–Trinajstić information content (AvgIpc) is 3.01. The maximum Gasteiger partial charge on any atom is 0.135 e. The molecule has 1 saturated heterocycles. The number of anilines is 1. The number of imidazole rings is 1. The Kier molecular flexibility index (Phi) is 5.34. The van der Waals surface area contributed by atoms with Gasteiger partial charge in [0.1, 0.15) is 12.4 Å². The molecule has 0 saturated carbocycles. The number of ether oxygens (including phenoxy) is 1. The zero-order chi connectivity index (χ0) is 16.1. The van der Waals surface area contributed by atoms with Crippen LogP contribution in [0.3, 0.4) is 0 Å². The minimum absolute atomic E-state index is 0.578. The second kappa shape index (κ2) is 7.64. The largest absolute Gasteiger partial charge is 0.374 e. The average molecular weight is 313 g/mol. The molecule has 1 aliphatic rings. The third-order valence-electron chi connectivity index (χ3n) is 4.55. The van der Waals surface area contributed by atoms with Crippen LogP contribution in [-0.2, 0) is 17.9 Å². The molecule has 0 N–H and O–H groups in total. The van der Waals surface area contributed by atoms with Gasteiger partial charge in [-0.1, -0.05) is 12.1 Å². The predicted molar refractivity (Wildman–Crippen MR) is 93.9 cm³/mol. The summed E-state index contributed by atoms with van der Waals surface area (Å²) in [7, 11) is 0. The van der Waals surface area contributed by atoms with E-state index in [0.717, 1.165) is 19.0 Å². The van der Waals surface area contributed by atoms with Gasteiger partial charge in [-0.15, -0.1) is 0 Å². The molecular weight excluding hydrogens is 286 g/mol. The summed E-state index contributed by atoms with van der Waals surface area (Å²) in [6.45, 7) is 8.77. The van der Waals surface area contributed by atoms with Crippen LogP contribution in [0.4, 0.5) is 5.69 Å². The van der Waals surface area contributed by atoms with Crippen LogP contribution in [0, 0.1) is 6.92 Å². The SMILES string of the molecule is CCOCc1nccn1Cc1ccc(N2CCCCC2)c(C)c1. The van der Waals surface area contributed by atoms with E-state index in [1.807, 2.05) is 19.3 Å². The summed E-state index contributed by atoms with van der Waals surface area (Å²) < 4.78 is 7.66. The minimum atomic E-state index is 0.578. The van der Waals surface area contributed by atoms with Crippen molar-refractivity contribution in [2.24, 2.45) is 0 Å². The monoisotopic (exact) mass is 313 g/mol. The lowest BCUT2D eigenvalue weighted by Gasteiger charge is -2.30. The van der Waals surface area contributed by atoms with E-state index in [-0.39, 0.29) is 0 Å². The van der Waals surface area contributed by atoms with Gasteiger partial charge in [-0.05, 0) is 50.3 Å². The van der Waals surface area contributed by atoms with Crippen molar-refractivity contribution in [1.82, 2.24) is 9.55 Å². The summed E-state index contributed by atoms with van der Waals surface area (Å²) in [4.78, 5) is 6.92. The Labute approximate surface area is 139 Å². The molecule has 0 atom stereocenters. The molecule has 1 aliphatic heterocycles. The van der Waals surface area contributed by atoms with Crippen molar-refractivity contribution >= 4 is 5.69 Å². The summed E-state index contributed by atoms with van der Waals surface area (Å²) in [6.07, 6.45) is 7.89. The highest BCUT2D eigenvalue weighted by atomic mass is 16.5. The molecule has 1 fully saturated rings. The van der Waals surface area contributed by atoms with E-state index in [1.54, 1.807) is 0 Å². The van der Waals surface area contributed by atoms with Gasteiger partial charge < -0.3 is 14.2 Å². The van der Waals surface area contributed by atoms with Crippen LogP contribution >= 0.6 is 0 Å². The Morgan fingerprint density at radius 2 is 2.00 bits per heavy atom. The van der Waals surface area contributed by atoms with Gasteiger partial charge in [0.2, 0.25) is 0 Å². The number of benzene rings is 1. The Balaban J connectivity index is 1.71. The fraction of sp³-hybridized carbons (Fsp3) is 0.526. The third kappa shape index (κ3) is 3.94. The Morgan fingerprint density at radius 1 is 1.17 bits per heavy atom. The maximum absolute atomic E-state index is 5.49. The van der Waals surface area contributed by atoms with E-state index in [9.17, 15) is 0 Å². The molecule has 3 rings (SSSR count). The topological polar surface area (TPSA) is 30.3 Å². The van der Waals surface area contributed by atoms with Crippen LogP contribution in [0.5, 0.6) is 0 Å². The van der Waals surface area contributed by atoms with Gasteiger partial charge in [-0.25, -0.2) is 4.98 Å². The van der Waals surface area contributed by atoms with Gasteiger partial charge in [-0.3, -0.25) is 0 Å². The molecule has 0 radical (unpaired) electrons. The van der Waals surface area contributed by atoms with Crippen molar-refractivity contribution in [1.29, 1.82) is 0 Å². The Morgan fingerprint density at radius 3 is 2.74 bits per heavy atom. The molecule has 23 heavy (non-hydrogen) atoms. The van der Waals surface area contributed by atoms with E-state index in [4.69, 9.17) is 4.74 Å². The van der Waals surface area contributed by atoms with Crippen LogP contribution < -0.4 is 4.90 Å². The van der Waals surface area contributed by atoms with Gasteiger partial charge in [0, 0.05) is 44.3 Å². The lowest BCUT2D eigenvalue weighted by Crippen LogP contribution is -2.29. The first-order valence-electron chi connectivity index (χ1n) is 8.70. The summed E-state index contributed by atoms with van der Waals surface area (Å²) in [6, 6.07) is 6.85. The number of rotatable bonds is 6. The molecule has 4 heteroatoms. The van der Waals surface area contributed by atoms with Crippen molar-refractivity contribution in [3.8, 4) is 0 Å². The molecule has 0 bridgehead atoms. The molecule has 2 aromatic rings. The van der Waals surface area contributed by atoms with E-state index < -0.39 is 0 Å².